The van der Waals surface area contributed by atoms with E-state index in [1.807, 2.05) is 6.92 Å². The van der Waals surface area contributed by atoms with Gasteiger partial charge in [0.25, 0.3) is 0 Å². The molecular weight excluding hydrogens is 450 g/mol. The first-order valence-corrected chi connectivity index (χ1v) is 11.4. The van der Waals surface area contributed by atoms with Crippen LogP contribution < -0.4 is 15.4 Å². The number of nitrogens with zero attached hydrogens (tertiary/aromatic N) is 1. The molecule has 2 aromatic rings. The van der Waals surface area contributed by atoms with Gasteiger partial charge in [-0.05, 0) is 75.4 Å². The molecule has 0 aliphatic rings. The molecule has 190 valence electrons. The monoisotopic (exact) mass is 485 g/mol. The van der Waals surface area contributed by atoms with Gasteiger partial charge in [-0.2, -0.15) is 0 Å². The number of amides is 2. The van der Waals surface area contributed by atoms with Crippen molar-refractivity contribution in [3.8, 4) is 16.9 Å². The minimum atomic E-state index is -0.713. The number of benzene rings is 1. The van der Waals surface area contributed by atoms with Crippen LogP contribution in [0.5, 0.6) is 5.75 Å². The van der Waals surface area contributed by atoms with Crippen LogP contribution in [-0.2, 0) is 9.47 Å². The van der Waals surface area contributed by atoms with E-state index in [4.69, 9.17) is 9.47 Å². The lowest BCUT2D eigenvalue weighted by Crippen LogP contribution is -2.52. The van der Waals surface area contributed by atoms with E-state index in [2.05, 4.69) is 34.2 Å². The lowest BCUT2D eigenvalue weighted by Gasteiger charge is -2.33. The predicted molar refractivity (Wildman–Crippen MR) is 134 cm³/mol. The number of pyridine rings is 1. The van der Waals surface area contributed by atoms with E-state index in [1.165, 1.54) is 7.11 Å². The van der Waals surface area contributed by atoms with Gasteiger partial charge in [-0.3, -0.25) is 10.1 Å². The number of hydrogen-bond acceptors (Lipinski definition) is 7. The van der Waals surface area contributed by atoms with Gasteiger partial charge in [0.2, 0.25) is 0 Å². The molecule has 0 spiro atoms. The fourth-order valence-electron chi connectivity index (χ4n) is 3.62. The Morgan fingerprint density at radius 3 is 2.34 bits per heavy atom. The third-order valence-electron chi connectivity index (χ3n) is 4.85. The zero-order chi connectivity index (χ0) is 26.2. The SMILES string of the molecule is COC(=O)Nc1cc(-c2ccc(OC[C@](C)(CC(C)C)NC(=O)OC(C)(C)C)c(C=O)c2)ccn1. The Hall–Kier alpha value is -3.62. The molecule has 1 aromatic heterocycles. The first-order chi connectivity index (χ1) is 16.3. The van der Waals surface area contributed by atoms with Crippen molar-refractivity contribution in [3.05, 3.63) is 42.1 Å². The fraction of sp³-hybridized carbons (Fsp3) is 0.462. The lowest BCUT2D eigenvalue weighted by molar-refractivity contribution is 0.0407. The molecule has 1 aromatic carbocycles. The average Bonchev–Trinajstić information content (AvgIpc) is 2.75. The van der Waals surface area contributed by atoms with Crippen molar-refractivity contribution in [2.75, 3.05) is 19.0 Å². The summed E-state index contributed by atoms with van der Waals surface area (Å²) in [6.45, 7) is 11.6. The van der Waals surface area contributed by atoms with Crippen LogP contribution in [0, 0.1) is 5.92 Å². The summed E-state index contributed by atoms with van der Waals surface area (Å²) in [6.07, 6.45) is 1.76. The van der Waals surface area contributed by atoms with E-state index in [9.17, 15) is 14.4 Å². The topological polar surface area (TPSA) is 116 Å². The number of aromatic nitrogens is 1. The largest absolute Gasteiger partial charge is 0.490 e. The summed E-state index contributed by atoms with van der Waals surface area (Å²) in [7, 11) is 1.27. The third kappa shape index (κ3) is 8.92. The van der Waals surface area contributed by atoms with Crippen LogP contribution in [0.3, 0.4) is 0 Å². The van der Waals surface area contributed by atoms with Crippen molar-refractivity contribution >= 4 is 24.3 Å². The summed E-state index contributed by atoms with van der Waals surface area (Å²) in [6, 6.07) is 8.64. The number of nitrogens with one attached hydrogen (secondary N) is 2. The molecule has 0 radical (unpaired) electrons. The molecule has 35 heavy (non-hydrogen) atoms. The molecule has 0 unspecified atom stereocenters. The summed E-state index contributed by atoms with van der Waals surface area (Å²) in [5.41, 5.74) is 0.507. The molecule has 0 aliphatic carbocycles. The van der Waals surface area contributed by atoms with Crippen LogP contribution in [0.25, 0.3) is 11.1 Å². The predicted octanol–water partition coefficient (Wildman–Crippen LogP) is 5.45. The van der Waals surface area contributed by atoms with Crippen molar-refractivity contribution in [2.24, 2.45) is 5.92 Å². The van der Waals surface area contributed by atoms with E-state index in [-0.39, 0.29) is 12.5 Å². The molecular formula is C26H35N3O6. The number of ether oxygens (including phenoxy) is 3. The summed E-state index contributed by atoms with van der Waals surface area (Å²) in [5, 5.41) is 5.44. The van der Waals surface area contributed by atoms with E-state index >= 15 is 0 Å². The van der Waals surface area contributed by atoms with E-state index in [0.29, 0.717) is 29.8 Å². The van der Waals surface area contributed by atoms with E-state index in [1.54, 1.807) is 57.3 Å². The average molecular weight is 486 g/mol. The van der Waals surface area contributed by atoms with Gasteiger partial charge >= 0.3 is 12.2 Å². The van der Waals surface area contributed by atoms with E-state index < -0.39 is 23.3 Å². The van der Waals surface area contributed by atoms with Crippen LogP contribution in [0.1, 0.15) is 58.3 Å². The highest BCUT2D eigenvalue weighted by Crippen LogP contribution is 2.28. The number of anilines is 1. The zero-order valence-corrected chi connectivity index (χ0v) is 21.4. The van der Waals surface area contributed by atoms with Gasteiger partial charge in [-0.25, -0.2) is 14.6 Å². The first-order valence-electron chi connectivity index (χ1n) is 11.4. The maximum Gasteiger partial charge on any atom is 0.412 e. The molecule has 2 amide bonds. The highest BCUT2D eigenvalue weighted by molar-refractivity contribution is 5.86. The minimum absolute atomic E-state index is 0.146. The van der Waals surface area contributed by atoms with Gasteiger partial charge < -0.3 is 19.5 Å². The Kier molecular flexibility index (Phi) is 9.22. The molecule has 2 rings (SSSR count). The second-order valence-electron chi connectivity index (χ2n) is 9.99. The summed E-state index contributed by atoms with van der Waals surface area (Å²) >= 11 is 0. The van der Waals surface area contributed by atoms with Gasteiger partial charge in [0, 0.05) is 6.20 Å². The number of alkyl carbamates (subject to hydrolysis) is 1. The Bertz CT molecular complexity index is 1050. The molecule has 9 nitrogen and oxygen atoms in total. The molecule has 0 fully saturated rings. The van der Waals surface area contributed by atoms with Gasteiger partial charge in [-0.1, -0.05) is 19.9 Å². The Balaban J connectivity index is 2.22. The smallest absolute Gasteiger partial charge is 0.412 e. The highest BCUT2D eigenvalue weighted by atomic mass is 16.6. The van der Waals surface area contributed by atoms with Gasteiger partial charge in [-0.15, -0.1) is 0 Å². The third-order valence-corrected chi connectivity index (χ3v) is 4.85. The lowest BCUT2D eigenvalue weighted by atomic mass is 9.91. The molecule has 0 aliphatic heterocycles. The normalized spacial score (nSPS) is 12.9. The van der Waals surface area contributed by atoms with Crippen molar-refractivity contribution in [1.82, 2.24) is 10.3 Å². The zero-order valence-electron chi connectivity index (χ0n) is 21.4. The Labute approximate surface area is 206 Å². The number of aldehydes is 1. The van der Waals surface area contributed by atoms with E-state index in [0.717, 1.165) is 11.1 Å². The maximum atomic E-state index is 12.4. The highest BCUT2D eigenvalue weighted by Gasteiger charge is 2.31. The second kappa shape index (κ2) is 11.7. The maximum absolute atomic E-state index is 12.4. The standard InChI is InChI=1S/C26H35N3O6/c1-17(2)14-26(6,29-24(32)35-25(3,4)5)16-34-21-9-8-18(12-20(21)15-30)19-10-11-27-22(13-19)28-23(31)33-7/h8-13,15,17H,14,16H2,1-7H3,(H,29,32)(H,27,28,31)/t26-/m0/s1. The number of hydrogen-bond donors (Lipinski definition) is 2. The van der Waals surface area contributed by atoms with Gasteiger partial charge in [0.1, 0.15) is 23.8 Å². The van der Waals surface area contributed by atoms with Gasteiger partial charge in [0.05, 0.1) is 18.2 Å². The first kappa shape index (κ1) is 27.6. The number of methoxy groups -OCH3 is 1. The molecule has 2 N–H and O–H groups in total. The molecule has 9 heteroatoms. The summed E-state index contributed by atoms with van der Waals surface area (Å²) in [4.78, 5) is 39.8. The summed E-state index contributed by atoms with van der Waals surface area (Å²) in [5.74, 6) is 0.998. The number of carbonyl (C=O) groups excluding carboxylic acids is 3. The van der Waals surface area contributed by atoms with Crippen LogP contribution in [-0.4, -0.2) is 48.3 Å². The molecule has 0 saturated heterocycles. The van der Waals surface area contributed by atoms with Crippen LogP contribution in [0.15, 0.2) is 36.5 Å². The van der Waals surface area contributed by atoms with Crippen molar-refractivity contribution in [3.63, 3.8) is 0 Å². The number of rotatable bonds is 9. The van der Waals surface area contributed by atoms with Crippen molar-refractivity contribution < 1.29 is 28.6 Å². The molecule has 0 saturated carbocycles. The van der Waals surface area contributed by atoms with Crippen LogP contribution in [0.2, 0.25) is 0 Å². The molecule has 1 heterocycles. The Morgan fingerprint density at radius 1 is 1.06 bits per heavy atom. The second-order valence-corrected chi connectivity index (χ2v) is 9.99. The van der Waals surface area contributed by atoms with Crippen LogP contribution in [0.4, 0.5) is 15.4 Å². The minimum Gasteiger partial charge on any atom is -0.490 e. The van der Waals surface area contributed by atoms with Crippen molar-refractivity contribution in [1.29, 1.82) is 0 Å². The Morgan fingerprint density at radius 2 is 1.74 bits per heavy atom. The number of carbonyl (C=O) groups is 3. The quantitative estimate of drug-likeness (QED) is 0.454. The van der Waals surface area contributed by atoms with Crippen LogP contribution >= 0.6 is 0 Å². The molecule has 1 atom stereocenters. The summed E-state index contributed by atoms with van der Waals surface area (Å²) < 4.78 is 16.0. The van der Waals surface area contributed by atoms with Gasteiger partial charge in [0.15, 0.2) is 6.29 Å². The molecule has 0 bridgehead atoms. The fourth-order valence-corrected chi connectivity index (χ4v) is 3.62. The van der Waals surface area contributed by atoms with Crippen molar-refractivity contribution in [2.45, 2.75) is 59.1 Å².